The number of fused-ring (bicyclic) bond motifs is 1. The van der Waals surface area contributed by atoms with E-state index < -0.39 is 0 Å². The molecule has 0 N–H and O–H groups in total. The van der Waals surface area contributed by atoms with Gasteiger partial charge in [-0.15, -0.1) is 0 Å². The standard InChI is InChI=1S/C22H26N4O/c1-23-12-14-25(15-13-23)22(27)19-8-9-20-10-11-21(26(20)17-19)24(2)16-18-6-4-3-5-7-18/h3-11,17H,12-16H2,1-2H3. The lowest BCUT2D eigenvalue weighted by atomic mass is 10.2. The average Bonchev–Trinajstić information content (AvgIpc) is 3.12. The van der Waals surface area contributed by atoms with Crippen LogP contribution >= 0.6 is 0 Å². The fourth-order valence-corrected chi connectivity index (χ4v) is 3.65. The molecule has 3 aromatic rings. The number of piperazine rings is 1. The van der Waals surface area contributed by atoms with Crippen molar-refractivity contribution in [2.45, 2.75) is 6.54 Å². The highest BCUT2D eigenvalue weighted by molar-refractivity contribution is 5.94. The van der Waals surface area contributed by atoms with Crippen LogP contribution in [0.1, 0.15) is 15.9 Å². The minimum atomic E-state index is 0.121. The fourth-order valence-electron chi connectivity index (χ4n) is 3.65. The molecule has 5 nitrogen and oxygen atoms in total. The van der Waals surface area contributed by atoms with Gasteiger partial charge in [0.15, 0.2) is 0 Å². The Balaban J connectivity index is 1.58. The third-order valence-electron chi connectivity index (χ3n) is 5.32. The molecule has 4 rings (SSSR count). The number of likely N-dealkylation sites (N-methyl/N-ethyl adjacent to an activating group) is 1. The van der Waals surface area contributed by atoms with Gasteiger partial charge in [0.25, 0.3) is 5.91 Å². The SMILES string of the molecule is CN1CCN(C(=O)c2ccc3ccc(N(C)Cc4ccccc4)n3c2)CC1. The summed E-state index contributed by atoms with van der Waals surface area (Å²) in [5, 5.41) is 0. The number of hydrogen-bond acceptors (Lipinski definition) is 3. The average molecular weight is 362 g/mol. The summed E-state index contributed by atoms with van der Waals surface area (Å²) in [5.74, 6) is 1.21. The van der Waals surface area contributed by atoms with Crippen molar-refractivity contribution >= 4 is 17.2 Å². The van der Waals surface area contributed by atoms with Gasteiger partial charge >= 0.3 is 0 Å². The van der Waals surface area contributed by atoms with Gasteiger partial charge in [-0.2, -0.15) is 0 Å². The highest BCUT2D eigenvalue weighted by Gasteiger charge is 2.21. The third kappa shape index (κ3) is 3.69. The van der Waals surface area contributed by atoms with Crippen LogP contribution in [-0.2, 0) is 6.54 Å². The van der Waals surface area contributed by atoms with Crippen LogP contribution in [0.5, 0.6) is 0 Å². The van der Waals surface area contributed by atoms with Gasteiger partial charge in [-0.3, -0.25) is 4.79 Å². The topological polar surface area (TPSA) is 31.2 Å². The van der Waals surface area contributed by atoms with E-state index in [1.165, 1.54) is 5.56 Å². The number of carbonyl (C=O) groups excluding carboxylic acids is 1. The van der Waals surface area contributed by atoms with Gasteiger partial charge in [0.05, 0.1) is 5.56 Å². The number of nitrogens with zero attached hydrogens (tertiary/aromatic N) is 4. The lowest BCUT2D eigenvalue weighted by molar-refractivity contribution is 0.0663. The summed E-state index contributed by atoms with van der Waals surface area (Å²) in [6.07, 6.45) is 1.98. The molecule has 0 atom stereocenters. The maximum Gasteiger partial charge on any atom is 0.255 e. The maximum atomic E-state index is 12.9. The van der Waals surface area contributed by atoms with Crippen LogP contribution in [-0.4, -0.2) is 60.4 Å². The molecule has 1 fully saturated rings. The summed E-state index contributed by atoms with van der Waals surface area (Å²) in [7, 11) is 4.19. The number of hydrogen-bond donors (Lipinski definition) is 0. The minimum Gasteiger partial charge on any atom is -0.356 e. The number of rotatable bonds is 4. The van der Waals surface area contributed by atoms with Crippen molar-refractivity contribution in [2.24, 2.45) is 0 Å². The van der Waals surface area contributed by atoms with Gasteiger partial charge < -0.3 is 19.1 Å². The first-order valence-electron chi connectivity index (χ1n) is 9.46. The van der Waals surface area contributed by atoms with Gasteiger partial charge in [-0.05, 0) is 36.9 Å². The number of aromatic nitrogens is 1. The van der Waals surface area contributed by atoms with Crippen LogP contribution in [0.4, 0.5) is 5.82 Å². The number of benzene rings is 1. The number of carbonyl (C=O) groups is 1. The summed E-state index contributed by atoms with van der Waals surface area (Å²) in [6, 6.07) is 18.6. The van der Waals surface area contributed by atoms with Crippen molar-refractivity contribution in [1.82, 2.24) is 14.2 Å². The quantitative estimate of drug-likeness (QED) is 0.715. The predicted molar refractivity (Wildman–Crippen MR) is 109 cm³/mol. The molecule has 1 aromatic carbocycles. The molecule has 1 saturated heterocycles. The van der Waals surface area contributed by atoms with Gasteiger partial charge in [-0.1, -0.05) is 30.3 Å². The zero-order chi connectivity index (χ0) is 18.8. The molecule has 0 radical (unpaired) electrons. The molecule has 1 aliphatic heterocycles. The van der Waals surface area contributed by atoms with Crippen LogP contribution < -0.4 is 4.90 Å². The zero-order valence-corrected chi connectivity index (χ0v) is 16.0. The predicted octanol–water partition coefficient (Wildman–Crippen LogP) is 2.96. The Morgan fingerprint density at radius 1 is 0.963 bits per heavy atom. The number of anilines is 1. The Labute approximate surface area is 160 Å². The first-order chi connectivity index (χ1) is 13.1. The molecular weight excluding hydrogens is 336 g/mol. The monoisotopic (exact) mass is 362 g/mol. The Morgan fingerprint density at radius 3 is 2.41 bits per heavy atom. The highest BCUT2D eigenvalue weighted by Crippen LogP contribution is 2.22. The first kappa shape index (κ1) is 17.6. The molecule has 1 aliphatic rings. The largest absolute Gasteiger partial charge is 0.356 e. The summed E-state index contributed by atoms with van der Waals surface area (Å²) in [5.41, 5.74) is 3.11. The highest BCUT2D eigenvalue weighted by atomic mass is 16.2. The molecule has 0 aliphatic carbocycles. The second-order valence-corrected chi connectivity index (χ2v) is 7.34. The van der Waals surface area contributed by atoms with E-state index in [1.54, 1.807) is 0 Å². The lowest BCUT2D eigenvalue weighted by Gasteiger charge is -2.32. The van der Waals surface area contributed by atoms with E-state index in [0.717, 1.165) is 49.6 Å². The summed E-state index contributed by atoms with van der Waals surface area (Å²) in [4.78, 5) is 19.4. The van der Waals surface area contributed by atoms with Crippen molar-refractivity contribution in [3.05, 3.63) is 71.9 Å². The zero-order valence-electron chi connectivity index (χ0n) is 16.0. The third-order valence-corrected chi connectivity index (χ3v) is 5.32. The van der Waals surface area contributed by atoms with Crippen molar-refractivity contribution in [3.8, 4) is 0 Å². The smallest absolute Gasteiger partial charge is 0.255 e. The molecule has 3 heterocycles. The molecular formula is C22H26N4O. The van der Waals surface area contributed by atoms with Crippen LogP contribution in [0.2, 0.25) is 0 Å². The summed E-state index contributed by atoms with van der Waals surface area (Å²) < 4.78 is 2.12. The van der Waals surface area contributed by atoms with Crippen LogP contribution in [0.25, 0.3) is 5.52 Å². The molecule has 0 unspecified atom stereocenters. The van der Waals surface area contributed by atoms with Crippen molar-refractivity contribution in [3.63, 3.8) is 0 Å². The minimum absolute atomic E-state index is 0.121. The number of amides is 1. The van der Waals surface area contributed by atoms with Crippen LogP contribution in [0, 0.1) is 0 Å². The molecule has 0 bridgehead atoms. The van der Waals surface area contributed by atoms with Crippen molar-refractivity contribution in [2.75, 3.05) is 45.2 Å². The summed E-state index contributed by atoms with van der Waals surface area (Å²) >= 11 is 0. The van der Waals surface area contributed by atoms with E-state index in [1.807, 2.05) is 29.3 Å². The van der Waals surface area contributed by atoms with E-state index in [4.69, 9.17) is 0 Å². The van der Waals surface area contributed by atoms with Crippen LogP contribution in [0.3, 0.4) is 0 Å². The van der Waals surface area contributed by atoms with E-state index in [2.05, 4.69) is 64.7 Å². The molecule has 1 amide bonds. The van der Waals surface area contributed by atoms with Gasteiger partial charge in [0.1, 0.15) is 5.82 Å². The lowest BCUT2D eigenvalue weighted by Crippen LogP contribution is -2.47. The van der Waals surface area contributed by atoms with E-state index in [-0.39, 0.29) is 5.91 Å². The Hall–Kier alpha value is -2.79. The van der Waals surface area contributed by atoms with E-state index in [0.29, 0.717) is 0 Å². The van der Waals surface area contributed by atoms with Crippen molar-refractivity contribution < 1.29 is 4.79 Å². The van der Waals surface area contributed by atoms with E-state index in [9.17, 15) is 4.79 Å². The fraction of sp³-hybridized carbons (Fsp3) is 0.318. The Bertz CT molecular complexity index is 926. The Kier molecular flexibility index (Phi) is 4.86. The molecule has 0 spiro atoms. The molecule has 140 valence electrons. The molecule has 0 saturated carbocycles. The second-order valence-electron chi connectivity index (χ2n) is 7.34. The molecule has 2 aromatic heterocycles. The van der Waals surface area contributed by atoms with Crippen LogP contribution in [0.15, 0.2) is 60.8 Å². The molecule has 5 heteroatoms. The normalized spacial score (nSPS) is 15.3. The second kappa shape index (κ2) is 7.45. The first-order valence-corrected chi connectivity index (χ1v) is 9.46. The maximum absolute atomic E-state index is 12.9. The van der Waals surface area contributed by atoms with E-state index >= 15 is 0 Å². The summed E-state index contributed by atoms with van der Waals surface area (Å²) in [6.45, 7) is 4.27. The van der Waals surface area contributed by atoms with Gasteiger partial charge in [0, 0.05) is 51.5 Å². The molecule has 27 heavy (non-hydrogen) atoms. The Morgan fingerprint density at radius 2 is 1.67 bits per heavy atom. The van der Waals surface area contributed by atoms with Gasteiger partial charge in [0.2, 0.25) is 0 Å². The van der Waals surface area contributed by atoms with Gasteiger partial charge in [-0.25, -0.2) is 0 Å². The number of pyridine rings is 1. The van der Waals surface area contributed by atoms with Crippen molar-refractivity contribution in [1.29, 1.82) is 0 Å².